The first-order valence-electron chi connectivity index (χ1n) is 7.75. The van der Waals surface area contributed by atoms with Gasteiger partial charge in [0, 0.05) is 23.5 Å². The van der Waals surface area contributed by atoms with Gasteiger partial charge in [0.1, 0.15) is 11.1 Å². The maximum atomic E-state index is 12.2. The molecule has 0 radical (unpaired) electrons. The number of carbonyl (C=O) groups is 1. The summed E-state index contributed by atoms with van der Waals surface area (Å²) in [5.41, 5.74) is 2.52. The highest BCUT2D eigenvalue weighted by molar-refractivity contribution is 8.01. The fourth-order valence-electron chi connectivity index (χ4n) is 2.78. The maximum absolute atomic E-state index is 12.2. The fraction of sp³-hybridized carbons (Fsp3) is 0.588. The van der Waals surface area contributed by atoms with Crippen LogP contribution in [0.5, 0.6) is 5.75 Å². The second-order valence-corrected chi connectivity index (χ2v) is 9.67. The van der Waals surface area contributed by atoms with E-state index < -0.39 is 0 Å². The minimum absolute atomic E-state index is 0.166. The quantitative estimate of drug-likeness (QED) is 0.837. The summed E-state index contributed by atoms with van der Waals surface area (Å²) in [4.78, 5) is 14.3. The van der Waals surface area contributed by atoms with Gasteiger partial charge in [-0.05, 0) is 23.3 Å². The van der Waals surface area contributed by atoms with Gasteiger partial charge in [0.15, 0.2) is 0 Å². The molecule has 0 bridgehead atoms. The van der Waals surface area contributed by atoms with Crippen molar-refractivity contribution < 1.29 is 9.53 Å². The van der Waals surface area contributed by atoms with Gasteiger partial charge < -0.3 is 9.64 Å². The van der Waals surface area contributed by atoms with E-state index >= 15 is 0 Å². The topological polar surface area (TPSA) is 29.5 Å². The van der Waals surface area contributed by atoms with Crippen LogP contribution in [0.25, 0.3) is 0 Å². The molecular formula is C17H23NO2S2. The Morgan fingerprint density at radius 1 is 1.41 bits per heavy atom. The van der Waals surface area contributed by atoms with Crippen molar-refractivity contribution in [3.8, 4) is 5.75 Å². The smallest absolute Gasteiger partial charge is 0.233 e. The summed E-state index contributed by atoms with van der Waals surface area (Å²) in [6, 6.07) is 6.40. The molecular weight excluding hydrogens is 314 g/mol. The molecule has 1 unspecified atom stereocenters. The largest absolute Gasteiger partial charge is 0.493 e. The summed E-state index contributed by atoms with van der Waals surface area (Å²) in [6.45, 7) is 8.26. The monoisotopic (exact) mass is 337 g/mol. The Morgan fingerprint density at radius 2 is 2.23 bits per heavy atom. The molecule has 0 saturated carbocycles. The fourth-order valence-corrected chi connectivity index (χ4v) is 4.89. The maximum Gasteiger partial charge on any atom is 0.233 e. The van der Waals surface area contributed by atoms with Gasteiger partial charge in [-0.15, -0.1) is 11.8 Å². The molecule has 0 N–H and O–H groups in total. The normalized spacial score (nSPS) is 21.1. The zero-order chi connectivity index (χ0) is 15.7. The van der Waals surface area contributed by atoms with Crippen LogP contribution in [0.15, 0.2) is 18.2 Å². The number of amides is 1. The molecule has 0 spiro atoms. The summed E-state index contributed by atoms with van der Waals surface area (Å²) in [5, 5.41) is 0.166. The first kappa shape index (κ1) is 16.1. The third kappa shape index (κ3) is 3.57. The van der Waals surface area contributed by atoms with E-state index in [-0.39, 0.29) is 16.0 Å². The van der Waals surface area contributed by atoms with Gasteiger partial charge in [0.05, 0.1) is 12.4 Å². The molecule has 2 heterocycles. The van der Waals surface area contributed by atoms with Crippen molar-refractivity contribution in [3.05, 3.63) is 29.3 Å². The van der Waals surface area contributed by atoms with Gasteiger partial charge in [-0.3, -0.25) is 4.79 Å². The van der Waals surface area contributed by atoms with E-state index in [0.717, 1.165) is 31.1 Å². The van der Waals surface area contributed by atoms with Crippen LogP contribution in [-0.2, 0) is 11.2 Å². The van der Waals surface area contributed by atoms with Crippen molar-refractivity contribution in [2.75, 3.05) is 24.7 Å². The first-order valence-corrected chi connectivity index (χ1v) is 9.78. The average Bonchev–Trinajstić information content (AvgIpc) is 3.04. The zero-order valence-corrected chi connectivity index (χ0v) is 15.1. The van der Waals surface area contributed by atoms with Crippen LogP contribution in [0.4, 0.5) is 0 Å². The molecule has 0 aliphatic carbocycles. The Labute approximate surface area is 141 Å². The van der Waals surface area contributed by atoms with Gasteiger partial charge in [0.25, 0.3) is 0 Å². The number of hydrogen-bond donors (Lipinski definition) is 0. The molecule has 3 nitrogen and oxygen atoms in total. The molecule has 22 heavy (non-hydrogen) atoms. The summed E-state index contributed by atoms with van der Waals surface area (Å²) < 4.78 is 5.82. The standard InChI is InChI=1S/C17H23NO2S2/c1-17(2,3)22-9-7-18-15(19)11-21-16(18)13-4-5-14-12(10-13)6-8-20-14/h4-5,10,16H,6-9,11H2,1-3H3. The molecule has 2 aliphatic heterocycles. The number of rotatable bonds is 4. The molecule has 0 aromatic heterocycles. The predicted molar refractivity (Wildman–Crippen MR) is 94.8 cm³/mol. The van der Waals surface area contributed by atoms with E-state index in [1.165, 1.54) is 11.1 Å². The van der Waals surface area contributed by atoms with Gasteiger partial charge in [-0.1, -0.05) is 26.8 Å². The van der Waals surface area contributed by atoms with Crippen LogP contribution in [0, 0.1) is 0 Å². The van der Waals surface area contributed by atoms with Gasteiger partial charge >= 0.3 is 0 Å². The summed E-state index contributed by atoms with van der Waals surface area (Å²) in [6.07, 6.45) is 0.981. The van der Waals surface area contributed by atoms with Crippen LogP contribution in [0.2, 0.25) is 0 Å². The minimum atomic E-state index is 0.166. The molecule has 1 aromatic rings. The van der Waals surface area contributed by atoms with Crippen LogP contribution < -0.4 is 4.74 Å². The number of benzene rings is 1. The Balaban J connectivity index is 1.70. The van der Waals surface area contributed by atoms with E-state index in [9.17, 15) is 4.79 Å². The lowest BCUT2D eigenvalue weighted by molar-refractivity contribution is -0.127. The van der Waals surface area contributed by atoms with E-state index in [4.69, 9.17) is 4.74 Å². The van der Waals surface area contributed by atoms with Crippen LogP contribution in [0.1, 0.15) is 37.3 Å². The van der Waals surface area contributed by atoms with Gasteiger partial charge in [-0.2, -0.15) is 11.8 Å². The van der Waals surface area contributed by atoms with E-state index in [2.05, 4.69) is 39.0 Å². The summed E-state index contributed by atoms with van der Waals surface area (Å²) in [5.74, 6) is 2.85. The molecule has 5 heteroatoms. The lowest BCUT2D eigenvalue weighted by atomic mass is 10.1. The van der Waals surface area contributed by atoms with Crippen LogP contribution in [0.3, 0.4) is 0 Å². The molecule has 1 fully saturated rings. The second kappa shape index (κ2) is 6.36. The van der Waals surface area contributed by atoms with Crippen molar-refractivity contribution >= 4 is 29.4 Å². The van der Waals surface area contributed by atoms with Crippen molar-refractivity contribution in [1.29, 1.82) is 0 Å². The van der Waals surface area contributed by atoms with Gasteiger partial charge in [-0.25, -0.2) is 0 Å². The van der Waals surface area contributed by atoms with E-state index in [1.54, 1.807) is 11.8 Å². The van der Waals surface area contributed by atoms with Crippen molar-refractivity contribution in [2.24, 2.45) is 0 Å². The molecule has 1 amide bonds. The Morgan fingerprint density at radius 3 is 3.00 bits per heavy atom. The van der Waals surface area contributed by atoms with E-state index in [0.29, 0.717) is 5.75 Å². The highest BCUT2D eigenvalue weighted by Gasteiger charge is 2.33. The Bertz CT molecular complexity index is 568. The third-order valence-corrected chi connectivity index (χ3v) is 6.34. The second-order valence-electron chi connectivity index (χ2n) is 6.68. The minimum Gasteiger partial charge on any atom is -0.493 e. The van der Waals surface area contributed by atoms with Crippen molar-refractivity contribution in [2.45, 2.75) is 37.3 Å². The molecule has 1 atom stereocenters. The highest BCUT2D eigenvalue weighted by Crippen LogP contribution is 2.41. The lowest BCUT2D eigenvalue weighted by Crippen LogP contribution is -2.31. The zero-order valence-electron chi connectivity index (χ0n) is 13.4. The first-order chi connectivity index (χ1) is 10.4. The predicted octanol–water partition coefficient (Wildman–Crippen LogP) is 3.73. The average molecular weight is 338 g/mol. The number of ether oxygens (including phenoxy) is 1. The van der Waals surface area contributed by atoms with Crippen LogP contribution in [-0.4, -0.2) is 40.2 Å². The van der Waals surface area contributed by atoms with Crippen molar-refractivity contribution in [1.82, 2.24) is 4.90 Å². The number of hydrogen-bond acceptors (Lipinski definition) is 4. The van der Waals surface area contributed by atoms with Crippen molar-refractivity contribution in [3.63, 3.8) is 0 Å². The summed E-state index contributed by atoms with van der Waals surface area (Å²) in [7, 11) is 0. The molecule has 2 aliphatic rings. The number of thioether (sulfide) groups is 2. The van der Waals surface area contributed by atoms with Gasteiger partial charge in [0.2, 0.25) is 5.91 Å². The highest BCUT2D eigenvalue weighted by atomic mass is 32.2. The molecule has 120 valence electrons. The Kier molecular flexibility index (Phi) is 4.64. The number of carbonyl (C=O) groups excluding carboxylic acids is 1. The third-order valence-electron chi connectivity index (χ3n) is 3.83. The molecule has 1 aromatic carbocycles. The lowest BCUT2D eigenvalue weighted by Gasteiger charge is -2.26. The molecule has 3 rings (SSSR count). The summed E-state index contributed by atoms with van der Waals surface area (Å²) >= 11 is 3.66. The SMILES string of the molecule is CC(C)(C)SCCN1C(=O)CSC1c1ccc2c(c1)CCO2. The number of fused-ring (bicyclic) bond motifs is 1. The Hall–Kier alpha value is -0.810. The van der Waals surface area contributed by atoms with E-state index in [1.807, 2.05) is 16.7 Å². The molecule has 1 saturated heterocycles. The van der Waals surface area contributed by atoms with Crippen LogP contribution >= 0.6 is 23.5 Å². The number of nitrogens with zero attached hydrogens (tertiary/aromatic N) is 1.